The molecule has 8 nitrogen and oxygen atoms in total. The highest BCUT2D eigenvalue weighted by Gasteiger charge is 2.28. The van der Waals surface area contributed by atoms with E-state index in [0.717, 1.165) is 52.3 Å². The molecule has 0 aliphatic heterocycles. The van der Waals surface area contributed by atoms with Gasteiger partial charge in [0.25, 0.3) is 0 Å². The minimum absolute atomic E-state index is 0.147. The van der Waals surface area contributed by atoms with Crippen LogP contribution in [0.25, 0.3) is 16.5 Å². The molecule has 0 unspecified atom stereocenters. The molecule has 0 atom stereocenters. The van der Waals surface area contributed by atoms with Gasteiger partial charge in [0.2, 0.25) is 5.91 Å². The Balaban J connectivity index is 1.15. The number of methoxy groups -OCH3 is 1. The number of thiophene rings is 1. The average molecular weight is 584 g/mol. The van der Waals surface area contributed by atoms with Crippen LogP contribution in [0.5, 0.6) is 0 Å². The SMILES string of the molecule is COC(=O)c1c(NC(=O)CCSc2nnc(CNc3cccc4ccccc34)n2-c2ccccc2)sc2c1CCC2. The van der Waals surface area contributed by atoms with Gasteiger partial charge in [-0.15, -0.1) is 21.5 Å². The lowest BCUT2D eigenvalue weighted by Gasteiger charge is -2.13. The molecule has 1 aliphatic carbocycles. The van der Waals surface area contributed by atoms with Gasteiger partial charge < -0.3 is 15.4 Å². The number of ether oxygens (including phenoxy) is 1. The summed E-state index contributed by atoms with van der Waals surface area (Å²) in [5, 5.41) is 19.1. The highest BCUT2D eigenvalue weighted by molar-refractivity contribution is 7.99. The lowest BCUT2D eigenvalue weighted by atomic mass is 10.1. The second-order valence-corrected chi connectivity index (χ2v) is 11.8. The summed E-state index contributed by atoms with van der Waals surface area (Å²) in [6, 6.07) is 24.4. The molecule has 2 N–H and O–H groups in total. The third-order valence-electron chi connectivity index (χ3n) is 7.07. The predicted octanol–water partition coefficient (Wildman–Crippen LogP) is 6.49. The zero-order chi connectivity index (χ0) is 28.2. The lowest BCUT2D eigenvalue weighted by Crippen LogP contribution is -2.15. The number of carbonyl (C=O) groups is 2. The van der Waals surface area contributed by atoms with Crippen LogP contribution >= 0.6 is 23.1 Å². The van der Waals surface area contributed by atoms with E-state index in [4.69, 9.17) is 4.74 Å². The summed E-state index contributed by atoms with van der Waals surface area (Å²) in [6.45, 7) is 0.482. The quantitative estimate of drug-likeness (QED) is 0.143. The van der Waals surface area contributed by atoms with Gasteiger partial charge in [0.15, 0.2) is 11.0 Å². The second kappa shape index (κ2) is 12.2. The van der Waals surface area contributed by atoms with Crippen LogP contribution in [0.2, 0.25) is 0 Å². The fourth-order valence-corrected chi connectivity index (χ4v) is 7.34. The Kier molecular flexibility index (Phi) is 8.02. The number of nitrogens with one attached hydrogen (secondary N) is 2. The number of hydrogen-bond donors (Lipinski definition) is 2. The van der Waals surface area contributed by atoms with Crippen molar-refractivity contribution in [3.63, 3.8) is 0 Å². The molecule has 208 valence electrons. The number of anilines is 2. The van der Waals surface area contributed by atoms with E-state index in [1.807, 2.05) is 53.1 Å². The van der Waals surface area contributed by atoms with Crippen molar-refractivity contribution >= 4 is 56.4 Å². The van der Waals surface area contributed by atoms with E-state index in [2.05, 4.69) is 45.1 Å². The summed E-state index contributed by atoms with van der Waals surface area (Å²) in [6.07, 6.45) is 3.06. The van der Waals surface area contributed by atoms with E-state index in [1.165, 1.54) is 35.6 Å². The van der Waals surface area contributed by atoms with Crippen LogP contribution in [-0.4, -0.2) is 39.5 Å². The van der Waals surface area contributed by atoms with E-state index in [-0.39, 0.29) is 12.3 Å². The minimum Gasteiger partial charge on any atom is -0.465 e. The number of para-hydroxylation sites is 1. The van der Waals surface area contributed by atoms with Gasteiger partial charge in [-0.3, -0.25) is 9.36 Å². The smallest absolute Gasteiger partial charge is 0.341 e. The van der Waals surface area contributed by atoms with Crippen molar-refractivity contribution in [1.29, 1.82) is 0 Å². The normalized spacial score (nSPS) is 12.3. The van der Waals surface area contributed by atoms with Crippen molar-refractivity contribution < 1.29 is 14.3 Å². The molecule has 5 aromatic rings. The average Bonchev–Trinajstić information content (AvgIpc) is 3.71. The van der Waals surface area contributed by atoms with Crippen molar-refractivity contribution in [2.75, 3.05) is 23.5 Å². The van der Waals surface area contributed by atoms with Gasteiger partial charge in [-0.25, -0.2) is 4.79 Å². The zero-order valence-electron chi connectivity index (χ0n) is 22.6. The number of thioether (sulfide) groups is 1. The molecule has 41 heavy (non-hydrogen) atoms. The van der Waals surface area contributed by atoms with Gasteiger partial charge >= 0.3 is 5.97 Å². The van der Waals surface area contributed by atoms with Gasteiger partial charge in [0.05, 0.1) is 19.2 Å². The van der Waals surface area contributed by atoms with Crippen molar-refractivity contribution in [2.24, 2.45) is 0 Å². The van der Waals surface area contributed by atoms with E-state index in [9.17, 15) is 9.59 Å². The largest absolute Gasteiger partial charge is 0.465 e. The van der Waals surface area contributed by atoms with Crippen LogP contribution in [0.1, 0.15) is 39.5 Å². The maximum atomic E-state index is 12.9. The number of aryl methyl sites for hydroxylation is 1. The number of nitrogens with zero attached hydrogens (tertiary/aromatic N) is 3. The predicted molar refractivity (Wildman–Crippen MR) is 164 cm³/mol. The fourth-order valence-electron chi connectivity index (χ4n) is 5.13. The molecule has 1 amide bonds. The Hall–Kier alpha value is -4.15. The second-order valence-electron chi connectivity index (χ2n) is 9.65. The number of esters is 1. The molecule has 2 aromatic heterocycles. The molecule has 10 heteroatoms. The van der Waals surface area contributed by atoms with E-state index in [0.29, 0.717) is 28.0 Å². The van der Waals surface area contributed by atoms with Crippen LogP contribution in [0.15, 0.2) is 78.0 Å². The first kappa shape index (κ1) is 27.0. The number of benzene rings is 3. The van der Waals surface area contributed by atoms with Crippen LogP contribution in [0.4, 0.5) is 10.7 Å². The summed E-state index contributed by atoms with van der Waals surface area (Å²) in [5.74, 6) is 0.736. The number of hydrogen-bond acceptors (Lipinski definition) is 8. The standard InChI is InChI=1S/C31H29N5O3S2/c1-39-30(38)28-23-14-8-16-25(23)41-29(28)33-27(37)17-18-40-31-35-34-26(36(31)21-11-3-2-4-12-21)19-32-24-15-7-10-20-9-5-6-13-22(20)24/h2-7,9-13,15,32H,8,14,16-19H2,1H3,(H,33,37). The van der Waals surface area contributed by atoms with Crippen LogP contribution in [-0.2, 0) is 28.9 Å². The maximum Gasteiger partial charge on any atom is 0.341 e. The molecule has 3 aromatic carbocycles. The summed E-state index contributed by atoms with van der Waals surface area (Å²) in [4.78, 5) is 26.5. The molecular formula is C31H29N5O3S2. The third kappa shape index (κ3) is 5.71. The highest BCUT2D eigenvalue weighted by atomic mass is 32.2. The van der Waals surface area contributed by atoms with E-state index < -0.39 is 5.97 Å². The zero-order valence-corrected chi connectivity index (χ0v) is 24.2. The molecular weight excluding hydrogens is 555 g/mol. The third-order valence-corrected chi connectivity index (χ3v) is 9.20. The molecule has 2 heterocycles. The molecule has 0 fully saturated rings. The highest BCUT2D eigenvalue weighted by Crippen LogP contribution is 2.39. The summed E-state index contributed by atoms with van der Waals surface area (Å²) >= 11 is 2.96. The van der Waals surface area contributed by atoms with Gasteiger partial charge in [-0.1, -0.05) is 66.4 Å². The van der Waals surface area contributed by atoms with Crippen molar-refractivity contribution in [2.45, 2.75) is 37.4 Å². The van der Waals surface area contributed by atoms with Crippen molar-refractivity contribution in [3.05, 3.63) is 94.6 Å². The molecule has 0 saturated carbocycles. The number of amides is 1. The lowest BCUT2D eigenvalue weighted by molar-refractivity contribution is -0.115. The van der Waals surface area contributed by atoms with Crippen LogP contribution < -0.4 is 10.6 Å². The molecule has 0 saturated heterocycles. The van der Waals surface area contributed by atoms with Crippen LogP contribution in [0, 0.1) is 0 Å². The van der Waals surface area contributed by atoms with E-state index in [1.54, 1.807) is 0 Å². The Morgan fingerprint density at radius 2 is 1.80 bits per heavy atom. The molecule has 6 rings (SSSR count). The molecule has 0 spiro atoms. The Morgan fingerprint density at radius 3 is 2.66 bits per heavy atom. The first-order valence-corrected chi connectivity index (χ1v) is 15.3. The Bertz CT molecular complexity index is 1710. The molecule has 0 radical (unpaired) electrons. The van der Waals surface area contributed by atoms with Crippen molar-refractivity contribution in [3.8, 4) is 5.69 Å². The van der Waals surface area contributed by atoms with Gasteiger partial charge in [0, 0.05) is 33.8 Å². The number of carbonyl (C=O) groups excluding carboxylic acids is 2. The van der Waals surface area contributed by atoms with Gasteiger partial charge in [-0.2, -0.15) is 0 Å². The molecule has 0 bridgehead atoms. The first-order valence-electron chi connectivity index (χ1n) is 13.5. The number of aromatic nitrogens is 3. The van der Waals surface area contributed by atoms with Crippen molar-refractivity contribution in [1.82, 2.24) is 14.8 Å². The summed E-state index contributed by atoms with van der Waals surface area (Å²) in [5.41, 5.74) is 3.52. The Morgan fingerprint density at radius 1 is 1.00 bits per heavy atom. The maximum absolute atomic E-state index is 12.9. The minimum atomic E-state index is -0.394. The molecule has 1 aliphatic rings. The number of fused-ring (bicyclic) bond motifs is 2. The van der Waals surface area contributed by atoms with Crippen LogP contribution in [0.3, 0.4) is 0 Å². The Labute approximate surface area is 246 Å². The summed E-state index contributed by atoms with van der Waals surface area (Å²) < 4.78 is 7.02. The van der Waals surface area contributed by atoms with Gasteiger partial charge in [-0.05, 0) is 48.4 Å². The topological polar surface area (TPSA) is 98.1 Å². The fraction of sp³-hybridized carbons (Fsp3) is 0.226. The first-order chi connectivity index (χ1) is 20.1. The monoisotopic (exact) mass is 583 g/mol. The summed E-state index contributed by atoms with van der Waals surface area (Å²) in [7, 11) is 1.37. The van der Waals surface area contributed by atoms with Gasteiger partial charge in [0.1, 0.15) is 5.00 Å². The van der Waals surface area contributed by atoms with E-state index >= 15 is 0 Å². The number of rotatable bonds is 10.